The molecule has 1 aliphatic heterocycles. The first kappa shape index (κ1) is 21.4. The van der Waals surface area contributed by atoms with E-state index in [1.54, 1.807) is 0 Å². The van der Waals surface area contributed by atoms with Crippen LogP contribution in [0.5, 0.6) is 11.5 Å². The van der Waals surface area contributed by atoms with Crippen molar-refractivity contribution >= 4 is 39.8 Å². The highest BCUT2D eigenvalue weighted by atomic mass is 35.5. The minimum Gasteiger partial charge on any atom is -0.594 e. The molecule has 1 atom stereocenters. The summed E-state index contributed by atoms with van der Waals surface area (Å²) < 4.78 is 41.5. The van der Waals surface area contributed by atoms with Crippen molar-refractivity contribution < 1.29 is 32.6 Å². The van der Waals surface area contributed by atoms with Gasteiger partial charge in [-0.2, -0.15) is 8.78 Å². The molecular formula is C19H13Cl2F2N3O5. The number of fused-ring (bicyclic) bond motifs is 1. The van der Waals surface area contributed by atoms with Crippen molar-refractivity contribution in [1.82, 2.24) is 10.1 Å². The van der Waals surface area contributed by atoms with E-state index < -0.39 is 18.5 Å². The predicted octanol–water partition coefficient (Wildman–Crippen LogP) is 3.57. The van der Waals surface area contributed by atoms with E-state index in [-0.39, 0.29) is 55.0 Å². The van der Waals surface area contributed by atoms with Crippen molar-refractivity contribution in [1.29, 1.82) is 0 Å². The first-order chi connectivity index (χ1) is 14.8. The Balaban J connectivity index is 1.91. The molecule has 0 bridgehead atoms. The second-order valence-electron chi connectivity index (χ2n) is 6.52. The van der Waals surface area contributed by atoms with Crippen LogP contribution in [-0.4, -0.2) is 41.8 Å². The molecule has 4 rings (SSSR count). The zero-order valence-electron chi connectivity index (χ0n) is 15.6. The first-order valence-electron chi connectivity index (χ1n) is 8.95. The largest absolute Gasteiger partial charge is 0.594 e. The molecule has 1 aromatic carbocycles. The summed E-state index contributed by atoms with van der Waals surface area (Å²) in [6.07, 6.45) is 3.52. The number of halogens is 4. The second kappa shape index (κ2) is 8.74. The maximum Gasteiger partial charge on any atom is 0.387 e. The molecule has 162 valence electrons. The quantitative estimate of drug-likeness (QED) is 0.308. The number of ether oxygens (including phenoxy) is 3. The maximum absolute atomic E-state index is 13.1. The van der Waals surface area contributed by atoms with E-state index in [1.165, 1.54) is 24.5 Å². The Morgan fingerprint density at radius 2 is 2.00 bits per heavy atom. The van der Waals surface area contributed by atoms with Crippen LogP contribution in [-0.2, 0) is 4.74 Å². The lowest BCUT2D eigenvalue weighted by Gasteiger charge is -2.18. The van der Waals surface area contributed by atoms with Crippen LogP contribution in [0.3, 0.4) is 0 Å². The van der Waals surface area contributed by atoms with Crippen molar-refractivity contribution in [2.75, 3.05) is 13.2 Å². The fourth-order valence-corrected chi connectivity index (χ4v) is 3.74. The highest BCUT2D eigenvalue weighted by Gasteiger charge is 2.28. The number of alkyl halides is 2. The standard InChI is InChI=1S/C19H13Cl2F2N3O5/c20-12-5-24-6-13(21)15(12)17(27)16-10-1-2-14(31-19(22)23)18(11(10)7-26(28)25-16)30-9-3-4-29-8-9/h1-2,5-7,9,19H,3-4,8H2. The Kier molecular flexibility index (Phi) is 6.03. The van der Waals surface area contributed by atoms with Crippen LogP contribution in [0.2, 0.25) is 10.0 Å². The molecule has 2 aromatic heterocycles. The highest BCUT2D eigenvalue weighted by molar-refractivity contribution is 6.41. The molecule has 0 aliphatic carbocycles. The summed E-state index contributed by atoms with van der Waals surface area (Å²) in [6, 6.07) is 2.54. The third-order valence-electron chi connectivity index (χ3n) is 4.54. The predicted molar refractivity (Wildman–Crippen MR) is 105 cm³/mol. The van der Waals surface area contributed by atoms with Gasteiger partial charge in [0, 0.05) is 29.3 Å². The molecule has 0 spiro atoms. The number of benzene rings is 1. The van der Waals surface area contributed by atoms with Crippen LogP contribution in [0.25, 0.3) is 10.8 Å². The van der Waals surface area contributed by atoms with Crippen LogP contribution >= 0.6 is 23.2 Å². The molecule has 12 heteroatoms. The van der Waals surface area contributed by atoms with E-state index in [0.29, 0.717) is 13.0 Å². The highest BCUT2D eigenvalue weighted by Crippen LogP contribution is 2.39. The fourth-order valence-electron chi connectivity index (χ4n) is 3.20. The number of aromatic nitrogens is 3. The third-order valence-corrected chi connectivity index (χ3v) is 5.11. The molecule has 1 aliphatic rings. The Morgan fingerprint density at radius 1 is 1.26 bits per heavy atom. The summed E-state index contributed by atoms with van der Waals surface area (Å²) in [6.45, 7) is -2.45. The van der Waals surface area contributed by atoms with Crippen molar-refractivity contribution in [2.24, 2.45) is 0 Å². The van der Waals surface area contributed by atoms with Crippen molar-refractivity contribution in [3.05, 3.63) is 57.2 Å². The van der Waals surface area contributed by atoms with Crippen LogP contribution in [0.4, 0.5) is 8.78 Å². The number of pyridine rings is 1. The van der Waals surface area contributed by atoms with Gasteiger partial charge in [0.05, 0.1) is 34.2 Å². The number of hydrogen-bond acceptors (Lipinski definition) is 7. The topological polar surface area (TPSA) is 97.5 Å². The Morgan fingerprint density at radius 3 is 2.65 bits per heavy atom. The van der Waals surface area contributed by atoms with Crippen LogP contribution in [0.1, 0.15) is 22.5 Å². The lowest BCUT2D eigenvalue weighted by molar-refractivity contribution is -0.667. The van der Waals surface area contributed by atoms with Gasteiger partial charge in [-0.3, -0.25) is 9.78 Å². The average Bonchev–Trinajstić information content (AvgIpc) is 3.22. The first-order valence-corrected chi connectivity index (χ1v) is 9.71. The SMILES string of the molecule is O=C(c1c(Cl)cncc1Cl)c1n[n+]([O-])cc2c(OC3CCOC3)c(OC(F)F)ccc12. The third kappa shape index (κ3) is 4.32. The zero-order chi connectivity index (χ0) is 22.1. The normalized spacial score (nSPS) is 16.1. The number of hydrogen-bond donors (Lipinski definition) is 0. The van der Waals surface area contributed by atoms with E-state index in [0.717, 1.165) is 6.20 Å². The van der Waals surface area contributed by atoms with E-state index in [2.05, 4.69) is 14.8 Å². The van der Waals surface area contributed by atoms with Gasteiger partial charge >= 0.3 is 6.61 Å². The molecule has 31 heavy (non-hydrogen) atoms. The maximum atomic E-state index is 13.1. The molecule has 0 amide bonds. The molecule has 1 saturated heterocycles. The van der Waals surface area contributed by atoms with E-state index in [9.17, 15) is 18.8 Å². The molecular weight excluding hydrogens is 459 g/mol. The van der Waals surface area contributed by atoms with Crippen molar-refractivity contribution in [3.63, 3.8) is 0 Å². The Hall–Kier alpha value is -2.82. The second-order valence-corrected chi connectivity index (χ2v) is 7.34. The summed E-state index contributed by atoms with van der Waals surface area (Å²) in [4.78, 5) is 17.1. The molecule has 0 N–H and O–H groups in total. The smallest absolute Gasteiger partial charge is 0.387 e. The van der Waals surface area contributed by atoms with Crippen molar-refractivity contribution in [3.8, 4) is 11.5 Å². The van der Waals surface area contributed by atoms with Crippen LogP contribution < -0.4 is 14.3 Å². The monoisotopic (exact) mass is 471 g/mol. The Bertz CT molecular complexity index is 1140. The summed E-state index contributed by atoms with van der Waals surface area (Å²) in [5.74, 6) is -1.16. The summed E-state index contributed by atoms with van der Waals surface area (Å²) in [5.41, 5.74) is -0.392. The summed E-state index contributed by atoms with van der Waals surface area (Å²) >= 11 is 12.1. The van der Waals surface area contributed by atoms with E-state index in [4.69, 9.17) is 32.7 Å². The van der Waals surface area contributed by atoms with E-state index in [1.807, 2.05) is 0 Å². The van der Waals surface area contributed by atoms with Gasteiger partial charge in [0.1, 0.15) is 6.10 Å². The Labute approximate surface area is 183 Å². The molecule has 0 saturated carbocycles. The van der Waals surface area contributed by atoms with Gasteiger partial charge in [-0.05, 0) is 12.1 Å². The van der Waals surface area contributed by atoms with Crippen LogP contribution in [0.15, 0.2) is 30.7 Å². The minimum atomic E-state index is -3.13. The molecule has 3 aromatic rings. The van der Waals surface area contributed by atoms with Crippen molar-refractivity contribution in [2.45, 2.75) is 19.1 Å². The van der Waals surface area contributed by atoms with Gasteiger partial charge in [-0.15, -0.1) is 0 Å². The van der Waals surface area contributed by atoms with E-state index >= 15 is 0 Å². The lowest BCUT2D eigenvalue weighted by Crippen LogP contribution is -2.33. The number of nitrogens with zero attached hydrogens (tertiary/aromatic N) is 3. The minimum absolute atomic E-state index is 0.0361. The molecule has 8 nitrogen and oxygen atoms in total. The van der Waals surface area contributed by atoms with Gasteiger partial charge < -0.3 is 19.4 Å². The molecule has 0 radical (unpaired) electrons. The molecule has 1 fully saturated rings. The summed E-state index contributed by atoms with van der Waals surface area (Å²) in [5, 5.41) is 16.1. The van der Waals surface area contributed by atoms with Gasteiger partial charge in [0.2, 0.25) is 12.0 Å². The number of carbonyl (C=O) groups is 1. The van der Waals surface area contributed by atoms with Crippen LogP contribution in [0, 0.1) is 5.21 Å². The average molecular weight is 472 g/mol. The van der Waals surface area contributed by atoms with Gasteiger partial charge in [0.25, 0.3) is 0 Å². The van der Waals surface area contributed by atoms with Gasteiger partial charge in [-0.25, -0.2) is 0 Å². The van der Waals surface area contributed by atoms with Gasteiger partial charge in [-0.1, -0.05) is 28.0 Å². The number of ketones is 1. The zero-order valence-corrected chi connectivity index (χ0v) is 17.1. The van der Waals surface area contributed by atoms with Gasteiger partial charge in [0.15, 0.2) is 17.2 Å². The fraction of sp³-hybridized carbons (Fsp3) is 0.263. The molecule has 1 unspecified atom stereocenters. The molecule has 3 heterocycles. The number of carbonyl (C=O) groups excluding carboxylic acids is 1. The summed E-state index contributed by atoms with van der Waals surface area (Å²) in [7, 11) is 0. The lowest BCUT2D eigenvalue weighted by atomic mass is 10.0. The number of rotatable bonds is 6.